The highest BCUT2D eigenvalue weighted by Gasteiger charge is 2.43. The Morgan fingerprint density at radius 1 is 0.773 bits per heavy atom. The van der Waals surface area contributed by atoms with Crippen molar-refractivity contribution in [3.8, 4) is 11.1 Å². The Morgan fingerprint density at radius 3 is 1.86 bits per heavy atom. The zero-order valence-electron chi connectivity index (χ0n) is 11.5. The van der Waals surface area contributed by atoms with Crippen molar-refractivity contribution < 1.29 is 28.7 Å². The summed E-state index contributed by atoms with van der Waals surface area (Å²) in [6, 6.07) is 16.1. The van der Waals surface area contributed by atoms with Crippen molar-refractivity contribution in [3.05, 3.63) is 60.2 Å². The molecule has 0 spiro atoms. The van der Waals surface area contributed by atoms with Crippen LogP contribution in [0.4, 0.5) is 0 Å². The molecule has 0 aromatic heterocycles. The molecule has 0 radical (unpaired) electrons. The Morgan fingerprint density at radius 2 is 1.32 bits per heavy atom. The van der Waals surface area contributed by atoms with Crippen LogP contribution in [0.15, 0.2) is 54.6 Å². The van der Waals surface area contributed by atoms with Crippen LogP contribution in [0.25, 0.3) is 11.1 Å². The molecule has 0 saturated heterocycles. The van der Waals surface area contributed by atoms with Gasteiger partial charge in [0, 0.05) is 0 Å². The van der Waals surface area contributed by atoms with Crippen molar-refractivity contribution in [1.82, 2.24) is 0 Å². The Kier molecular flexibility index (Phi) is 5.03. The van der Waals surface area contributed by atoms with Crippen molar-refractivity contribution in [2.45, 2.75) is 11.8 Å². The summed E-state index contributed by atoms with van der Waals surface area (Å²) >= 11 is 0. The molecule has 0 aliphatic carbocycles. The lowest BCUT2D eigenvalue weighted by molar-refractivity contribution is 0.338. The molecule has 0 heterocycles. The lowest BCUT2D eigenvalue weighted by atomic mass is 10.0. The highest BCUT2D eigenvalue weighted by Crippen LogP contribution is 2.60. The monoisotopic (exact) mass is 342 g/mol. The summed E-state index contributed by atoms with van der Waals surface area (Å²) in [5, 5.41) is -2.02. The molecule has 22 heavy (non-hydrogen) atoms. The van der Waals surface area contributed by atoms with Gasteiger partial charge < -0.3 is 19.6 Å². The first kappa shape index (κ1) is 17.1. The van der Waals surface area contributed by atoms with Gasteiger partial charge in [-0.1, -0.05) is 54.6 Å². The molecule has 0 atom stereocenters. The third-order valence-electron chi connectivity index (χ3n) is 3.23. The Bertz CT molecular complexity index is 712. The Balaban J connectivity index is 2.34. The van der Waals surface area contributed by atoms with E-state index in [9.17, 15) is 28.7 Å². The minimum atomic E-state index is -4.91. The maximum Gasteiger partial charge on any atom is 0.341 e. The van der Waals surface area contributed by atoms with Gasteiger partial charge in [0.15, 0.2) is 5.40 Å². The standard InChI is InChI=1S/C14H16O6P2/c15-21(16,17)14(22(18,19)20)10-11-5-4-8-13(9-11)12-6-2-1-3-7-12/h1-9,14H,10H2,(H2,15,16,17)(H2,18,19,20). The van der Waals surface area contributed by atoms with Gasteiger partial charge in [0.1, 0.15) is 0 Å². The molecular weight excluding hydrogens is 326 g/mol. The topological polar surface area (TPSA) is 115 Å². The van der Waals surface area contributed by atoms with E-state index in [-0.39, 0.29) is 0 Å². The predicted octanol–water partition coefficient (Wildman–Crippen LogP) is 2.58. The van der Waals surface area contributed by atoms with Gasteiger partial charge >= 0.3 is 15.2 Å². The summed E-state index contributed by atoms with van der Waals surface area (Å²) in [6.07, 6.45) is -0.394. The van der Waals surface area contributed by atoms with Crippen LogP contribution in [-0.2, 0) is 15.6 Å². The Labute approximate surface area is 127 Å². The molecule has 8 heteroatoms. The van der Waals surface area contributed by atoms with E-state index < -0.39 is 27.0 Å². The SMILES string of the molecule is O=P(O)(O)C(Cc1cccc(-c2ccccc2)c1)P(=O)(O)O. The van der Waals surface area contributed by atoms with Gasteiger partial charge in [0.05, 0.1) is 0 Å². The van der Waals surface area contributed by atoms with Gasteiger partial charge in [0.25, 0.3) is 0 Å². The quantitative estimate of drug-likeness (QED) is 0.621. The largest absolute Gasteiger partial charge is 0.341 e. The average Bonchev–Trinajstić information content (AvgIpc) is 2.44. The predicted molar refractivity (Wildman–Crippen MR) is 83.5 cm³/mol. The lowest BCUT2D eigenvalue weighted by Crippen LogP contribution is -2.12. The molecule has 0 saturated carbocycles. The van der Waals surface area contributed by atoms with E-state index in [4.69, 9.17) is 0 Å². The highest BCUT2D eigenvalue weighted by molar-refractivity contribution is 7.70. The van der Waals surface area contributed by atoms with Crippen LogP contribution in [-0.4, -0.2) is 25.0 Å². The fourth-order valence-electron chi connectivity index (χ4n) is 2.15. The summed E-state index contributed by atoms with van der Waals surface area (Å²) in [6.45, 7) is 0. The van der Waals surface area contributed by atoms with E-state index in [1.807, 2.05) is 36.4 Å². The van der Waals surface area contributed by atoms with Gasteiger partial charge in [-0.15, -0.1) is 0 Å². The van der Waals surface area contributed by atoms with Gasteiger partial charge in [-0.05, 0) is 23.1 Å². The second-order valence-electron chi connectivity index (χ2n) is 4.93. The van der Waals surface area contributed by atoms with Crippen LogP contribution in [0.3, 0.4) is 0 Å². The Hall–Kier alpha value is -1.26. The molecule has 4 N–H and O–H groups in total. The summed E-state index contributed by atoms with van der Waals surface area (Å²) in [5.41, 5.74) is 2.18. The summed E-state index contributed by atoms with van der Waals surface area (Å²) < 4.78 is 22.7. The van der Waals surface area contributed by atoms with Gasteiger partial charge in [0.2, 0.25) is 0 Å². The molecule has 0 fully saturated rings. The van der Waals surface area contributed by atoms with Crippen LogP contribution in [0.5, 0.6) is 0 Å². The number of rotatable bonds is 5. The molecule has 6 nitrogen and oxygen atoms in total. The maximum atomic E-state index is 11.3. The molecule has 0 amide bonds. The second-order valence-corrected chi connectivity index (χ2v) is 8.94. The smallest absolute Gasteiger partial charge is 0.324 e. The maximum absolute atomic E-state index is 11.3. The summed E-state index contributed by atoms with van der Waals surface area (Å²) in [4.78, 5) is 36.7. The molecule has 0 aliphatic heterocycles. The van der Waals surface area contributed by atoms with Crippen LogP contribution in [0.2, 0.25) is 0 Å². The molecule has 0 aliphatic rings. The van der Waals surface area contributed by atoms with Crippen molar-refractivity contribution in [3.63, 3.8) is 0 Å². The van der Waals surface area contributed by atoms with Gasteiger partial charge in [-0.3, -0.25) is 9.13 Å². The van der Waals surface area contributed by atoms with Crippen molar-refractivity contribution in [2.75, 3.05) is 0 Å². The van der Waals surface area contributed by atoms with Crippen LogP contribution < -0.4 is 0 Å². The van der Waals surface area contributed by atoms with Crippen LogP contribution >= 0.6 is 15.2 Å². The van der Waals surface area contributed by atoms with E-state index in [2.05, 4.69) is 0 Å². The normalized spacial score (nSPS) is 12.6. The molecule has 2 aromatic rings. The van der Waals surface area contributed by atoms with Gasteiger partial charge in [-0.2, -0.15) is 0 Å². The second kappa shape index (κ2) is 6.47. The minimum absolute atomic E-state index is 0.394. The van der Waals surface area contributed by atoms with E-state index in [0.29, 0.717) is 5.56 Å². The molecule has 0 unspecified atom stereocenters. The van der Waals surface area contributed by atoms with Crippen molar-refractivity contribution in [1.29, 1.82) is 0 Å². The first-order chi connectivity index (χ1) is 10.2. The third-order valence-corrected chi connectivity index (χ3v) is 6.95. The van der Waals surface area contributed by atoms with Crippen molar-refractivity contribution in [2.24, 2.45) is 0 Å². The zero-order valence-corrected chi connectivity index (χ0v) is 13.3. The van der Waals surface area contributed by atoms with Gasteiger partial charge in [-0.25, -0.2) is 0 Å². The van der Waals surface area contributed by atoms with E-state index in [1.54, 1.807) is 18.2 Å². The number of hydrogen-bond donors (Lipinski definition) is 4. The number of hydrogen-bond acceptors (Lipinski definition) is 2. The van der Waals surface area contributed by atoms with E-state index in [0.717, 1.165) is 11.1 Å². The first-order valence-electron chi connectivity index (χ1n) is 6.43. The van der Waals surface area contributed by atoms with Crippen LogP contribution in [0.1, 0.15) is 5.56 Å². The lowest BCUT2D eigenvalue weighted by Gasteiger charge is -2.19. The molecule has 2 rings (SSSR count). The summed E-state index contributed by atoms with van der Waals surface area (Å²) in [5.74, 6) is 0. The average molecular weight is 342 g/mol. The minimum Gasteiger partial charge on any atom is -0.324 e. The molecular formula is C14H16O6P2. The third kappa shape index (κ3) is 4.37. The van der Waals surface area contributed by atoms with E-state index in [1.165, 1.54) is 0 Å². The molecule has 2 aromatic carbocycles. The fraction of sp³-hybridized carbons (Fsp3) is 0.143. The molecule has 0 bridgehead atoms. The number of benzene rings is 2. The van der Waals surface area contributed by atoms with Crippen LogP contribution in [0, 0.1) is 0 Å². The zero-order chi connectivity index (χ0) is 16.4. The van der Waals surface area contributed by atoms with E-state index >= 15 is 0 Å². The van der Waals surface area contributed by atoms with Crippen molar-refractivity contribution >= 4 is 15.2 Å². The highest BCUT2D eigenvalue weighted by atomic mass is 31.2. The molecule has 118 valence electrons. The summed E-state index contributed by atoms with van der Waals surface area (Å²) in [7, 11) is -9.83. The fourth-order valence-corrected chi connectivity index (χ4v) is 4.62. The first-order valence-corrected chi connectivity index (χ1v) is 9.79.